The standard InChI is InChI=1S/C22H19N3O4/c1-27-16-9-7-15(8-10-16)21-20-17(12-28-21)19(13-29-22(20)26)25-11-18(23-24-25)14-5-3-2-4-6-14/h2-11,19,21H,12-13H2,1H3. The van der Waals surface area contributed by atoms with Crippen LogP contribution in [0.3, 0.4) is 0 Å². The van der Waals surface area contributed by atoms with Gasteiger partial charge in [-0.15, -0.1) is 5.10 Å². The predicted molar refractivity (Wildman–Crippen MR) is 104 cm³/mol. The number of cyclic esters (lactones) is 1. The monoisotopic (exact) mass is 389 g/mol. The molecule has 29 heavy (non-hydrogen) atoms. The minimum Gasteiger partial charge on any atom is -0.497 e. The second-order valence-corrected chi connectivity index (χ2v) is 6.97. The molecule has 7 heteroatoms. The summed E-state index contributed by atoms with van der Waals surface area (Å²) < 4.78 is 18.4. The first-order valence-electron chi connectivity index (χ1n) is 9.37. The molecule has 0 bridgehead atoms. The molecule has 146 valence electrons. The summed E-state index contributed by atoms with van der Waals surface area (Å²) in [5.74, 6) is 0.416. The summed E-state index contributed by atoms with van der Waals surface area (Å²) in [6.45, 7) is 0.570. The van der Waals surface area contributed by atoms with Gasteiger partial charge in [-0.25, -0.2) is 9.48 Å². The Labute approximate surface area is 167 Å². The van der Waals surface area contributed by atoms with Crippen molar-refractivity contribution in [2.24, 2.45) is 0 Å². The van der Waals surface area contributed by atoms with Crippen molar-refractivity contribution in [1.29, 1.82) is 0 Å². The van der Waals surface area contributed by atoms with Crippen LogP contribution >= 0.6 is 0 Å². The van der Waals surface area contributed by atoms with E-state index in [1.165, 1.54) is 0 Å². The Morgan fingerprint density at radius 2 is 1.90 bits per heavy atom. The van der Waals surface area contributed by atoms with Crippen molar-refractivity contribution in [2.45, 2.75) is 12.1 Å². The van der Waals surface area contributed by atoms with E-state index >= 15 is 0 Å². The molecule has 2 aliphatic heterocycles. The highest BCUT2D eigenvalue weighted by Crippen LogP contribution is 2.42. The second-order valence-electron chi connectivity index (χ2n) is 6.97. The lowest BCUT2D eigenvalue weighted by Crippen LogP contribution is -2.28. The molecule has 1 aromatic heterocycles. The fraction of sp³-hybridized carbons (Fsp3) is 0.227. The third kappa shape index (κ3) is 3.09. The van der Waals surface area contributed by atoms with Gasteiger partial charge in [-0.3, -0.25) is 0 Å². The lowest BCUT2D eigenvalue weighted by atomic mass is 9.94. The van der Waals surface area contributed by atoms with E-state index in [0.29, 0.717) is 12.2 Å². The smallest absolute Gasteiger partial charge is 0.337 e. The minimum atomic E-state index is -0.455. The molecule has 3 heterocycles. The zero-order valence-corrected chi connectivity index (χ0v) is 15.8. The van der Waals surface area contributed by atoms with Gasteiger partial charge in [0.05, 0.1) is 25.5 Å². The maximum Gasteiger partial charge on any atom is 0.337 e. The summed E-state index contributed by atoms with van der Waals surface area (Å²) in [7, 11) is 1.62. The molecule has 2 aliphatic rings. The topological polar surface area (TPSA) is 75.5 Å². The van der Waals surface area contributed by atoms with E-state index in [9.17, 15) is 4.79 Å². The number of rotatable bonds is 4. The molecule has 2 unspecified atom stereocenters. The Bertz CT molecular complexity index is 1070. The molecule has 5 rings (SSSR count). The zero-order valence-electron chi connectivity index (χ0n) is 15.8. The van der Waals surface area contributed by atoms with E-state index < -0.39 is 6.10 Å². The third-order valence-electron chi connectivity index (χ3n) is 5.33. The molecule has 0 amide bonds. The lowest BCUT2D eigenvalue weighted by molar-refractivity contribution is -0.142. The fourth-order valence-electron chi connectivity index (χ4n) is 3.80. The molecule has 0 radical (unpaired) electrons. The van der Waals surface area contributed by atoms with Gasteiger partial charge >= 0.3 is 5.97 Å². The van der Waals surface area contributed by atoms with Gasteiger partial charge in [0.25, 0.3) is 0 Å². The quantitative estimate of drug-likeness (QED) is 0.638. The van der Waals surface area contributed by atoms with Gasteiger partial charge in [0, 0.05) is 5.56 Å². The van der Waals surface area contributed by atoms with Crippen molar-refractivity contribution in [1.82, 2.24) is 15.0 Å². The van der Waals surface area contributed by atoms with Gasteiger partial charge in [-0.1, -0.05) is 47.7 Å². The highest BCUT2D eigenvalue weighted by Gasteiger charge is 2.41. The number of esters is 1. The van der Waals surface area contributed by atoms with Crippen LogP contribution in [0.4, 0.5) is 0 Å². The van der Waals surface area contributed by atoms with Crippen molar-refractivity contribution in [2.75, 3.05) is 20.3 Å². The molecule has 0 saturated carbocycles. The van der Waals surface area contributed by atoms with Gasteiger partial charge in [0.2, 0.25) is 0 Å². The third-order valence-corrected chi connectivity index (χ3v) is 5.33. The normalized spacial score (nSPS) is 21.1. The van der Waals surface area contributed by atoms with E-state index in [1.54, 1.807) is 11.8 Å². The Morgan fingerprint density at radius 1 is 1.10 bits per heavy atom. The van der Waals surface area contributed by atoms with Crippen LogP contribution < -0.4 is 4.74 Å². The van der Waals surface area contributed by atoms with Crippen LogP contribution in [-0.2, 0) is 14.3 Å². The Hall–Kier alpha value is -3.45. The average Bonchev–Trinajstić information content (AvgIpc) is 3.43. The second kappa shape index (κ2) is 7.18. The minimum absolute atomic E-state index is 0.216. The molecular formula is C22H19N3O4. The predicted octanol–water partition coefficient (Wildman–Crippen LogP) is 3.12. The summed E-state index contributed by atoms with van der Waals surface area (Å²) in [5, 5.41) is 8.58. The number of carbonyl (C=O) groups excluding carboxylic acids is 1. The Morgan fingerprint density at radius 3 is 2.66 bits per heavy atom. The van der Waals surface area contributed by atoms with Crippen LogP contribution in [0, 0.1) is 0 Å². The van der Waals surface area contributed by atoms with Crippen LogP contribution in [0.15, 0.2) is 71.9 Å². The first-order valence-corrected chi connectivity index (χ1v) is 9.37. The van der Waals surface area contributed by atoms with Gasteiger partial charge in [0.15, 0.2) is 0 Å². The van der Waals surface area contributed by atoms with Crippen LogP contribution in [0.2, 0.25) is 0 Å². The molecule has 0 fully saturated rings. The van der Waals surface area contributed by atoms with Crippen LogP contribution in [0.25, 0.3) is 11.3 Å². The number of hydrogen-bond donors (Lipinski definition) is 0. The lowest BCUT2D eigenvalue weighted by Gasteiger charge is -2.24. The number of benzene rings is 2. The summed E-state index contributed by atoms with van der Waals surface area (Å²) in [6.07, 6.45) is 1.42. The first-order chi connectivity index (χ1) is 14.2. The fourth-order valence-corrected chi connectivity index (χ4v) is 3.80. The summed E-state index contributed by atoms with van der Waals surface area (Å²) in [4.78, 5) is 12.6. The highest BCUT2D eigenvalue weighted by molar-refractivity contribution is 5.92. The van der Waals surface area contributed by atoms with E-state index in [2.05, 4.69) is 10.3 Å². The first kappa shape index (κ1) is 17.6. The van der Waals surface area contributed by atoms with Gasteiger partial charge < -0.3 is 14.2 Å². The van der Waals surface area contributed by atoms with Crippen LogP contribution in [-0.4, -0.2) is 41.3 Å². The molecule has 7 nitrogen and oxygen atoms in total. The molecule has 0 aliphatic carbocycles. The largest absolute Gasteiger partial charge is 0.497 e. The summed E-state index contributed by atoms with van der Waals surface area (Å²) in [5.41, 5.74) is 4.10. The number of methoxy groups -OCH3 is 1. The number of ether oxygens (including phenoxy) is 3. The van der Waals surface area contributed by atoms with Crippen molar-refractivity contribution in [3.63, 3.8) is 0 Å². The van der Waals surface area contributed by atoms with E-state index in [1.807, 2.05) is 60.8 Å². The van der Waals surface area contributed by atoms with Crippen LogP contribution in [0.1, 0.15) is 17.7 Å². The molecule has 0 spiro atoms. The maximum atomic E-state index is 12.6. The molecule has 2 atom stereocenters. The zero-order chi connectivity index (χ0) is 19.8. The van der Waals surface area contributed by atoms with Gasteiger partial charge in [0.1, 0.15) is 30.2 Å². The molecule has 2 aromatic carbocycles. The van der Waals surface area contributed by atoms with Crippen LogP contribution in [0.5, 0.6) is 5.75 Å². The Kier molecular flexibility index (Phi) is 4.37. The van der Waals surface area contributed by atoms with Crippen molar-refractivity contribution in [3.8, 4) is 17.0 Å². The summed E-state index contributed by atoms with van der Waals surface area (Å²) in [6, 6.07) is 17.1. The van der Waals surface area contributed by atoms with E-state index in [0.717, 1.165) is 28.1 Å². The van der Waals surface area contributed by atoms with Crippen molar-refractivity contribution >= 4 is 5.97 Å². The Balaban J connectivity index is 1.48. The van der Waals surface area contributed by atoms with E-state index in [4.69, 9.17) is 14.2 Å². The summed E-state index contributed by atoms with van der Waals surface area (Å²) >= 11 is 0. The average molecular weight is 389 g/mol. The molecule has 0 saturated heterocycles. The van der Waals surface area contributed by atoms with Crippen molar-refractivity contribution < 1.29 is 19.0 Å². The number of nitrogens with zero attached hydrogens (tertiary/aromatic N) is 3. The molecular weight excluding hydrogens is 370 g/mol. The number of hydrogen-bond acceptors (Lipinski definition) is 6. The number of aromatic nitrogens is 3. The molecule has 0 N–H and O–H groups in total. The molecule has 3 aromatic rings. The van der Waals surface area contributed by atoms with Crippen molar-refractivity contribution in [3.05, 3.63) is 77.5 Å². The maximum absolute atomic E-state index is 12.6. The van der Waals surface area contributed by atoms with Gasteiger partial charge in [-0.05, 0) is 23.3 Å². The van der Waals surface area contributed by atoms with Gasteiger partial charge in [-0.2, -0.15) is 0 Å². The number of carbonyl (C=O) groups is 1. The van der Waals surface area contributed by atoms with E-state index in [-0.39, 0.29) is 18.6 Å². The SMILES string of the molecule is COc1ccc(C2OCC3=C2C(=O)OCC3n2cc(-c3ccccc3)nn2)cc1. The highest BCUT2D eigenvalue weighted by atomic mass is 16.5.